The van der Waals surface area contributed by atoms with Crippen LogP contribution in [0.3, 0.4) is 0 Å². The first kappa shape index (κ1) is 30.7. The Morgan fingerprint density at radius 2 is 1.35 bits per heavy atom. The number of nitrogens with zero attached hydrogens (tertiary/aromatic N) is 4. The van der Waals surface area contributed by atoms with Gasteiger partial charge in [-0.2, -0.15) is 0 Å². The number of piperazine rings is 1. The Hall–Kier alpha value is -3.93. The Labute approximate surface area is 278 Å². The predicted octanol–water partition coefficient (Wildman–Crippen LogP) is 9.88. The van der Waals surface area contributed by atoms with Crippen LogP contribution in [0.5, 0.6) is 0 Å². The van der Waals surface area contributed by atoms with Gasteiger partial charge in [-0.3, -0.25) is 4.90 Å². The molecule has 0 saturated carbocycles. The molecule has 0 bridgehead atoms. The monoisotopic (exact) mass is 626 g/mol. The molecule has 0 spiro atoms. The molecule has 3 heterocycles. The van der Waals surface area contributed by atoms with Gasteiger partial charge >= 0.3 is 0 Å². The van der Waals surface area contributed by atoms with Gasteiger partial charge < -0.3 is 14.0 Å². The largest absolute Gasteiger partial charge is 0.369 e. The van der Waals surface area contributed by atoms with Gasteiger partial charge in [0.05, 0.1) is 0 Å². The summed E-state index contributed by atoms with van der Waals surface area (Å²) in [5.74, 6) is 0. The molecule has 1 aliphatic rings. The van der Waals surface area contributed by atoms with E-state index in [1.807, 2.05) is 11.8 Å². The Kier molecular flexibility index (Phi) is 8.97. The van der Waals surface area contributed by atoms with Crippen molar-refractivity contribution in [3.8, 4) is 0 Å². The topological polar surface area (TPSA) is 16.3 Å². The maximum atomic E-state index is 2.76. The third-order valence-electron chi connectivity index (χ3n) is 9.67. The Bertz CT molecular complexity index is 1910. The molecule has 2 aromatic heterocycles. The number of aromatic nitrogens is 2. The first-order valence-electron chi connectivity index (χ1n) is 16.9. The van der Waals surface area contributed by atoms with Crippen molar-refractivity contribution in [3.05, 3.63) is 127 Å². The van der Waals surface area contributed by atoms with Gasteiger partial charge in [0.25, 0.3) is 0 Å². The maximum Gasteiger partial charge on any atom is 0.0494 e. The van der Waals surface area contributed by atoms with E-state index in [0.717, 1.165) is 39.0 Å². The molecule has 0 aliphatic carbocycles. The number of fused-ring (bicyclic) bond motifs is 2. The van der Waals surface area contributed by atoms with E-state index in [1.54, 1.807) is 0 Å². The molecule has 1 atom stereocenters. The second-order valence-electron chi connectivity index (χ2n) is 13.4. The van der Waals surface area contributed by atoms with E-state index in [9.17, 15) is 0 Å². The molecular formula is C41H46N4S. The summed E-state index contributed by atoms with van der Waals surface area (Å²) < 4.78 is 4.79. The summed E-state index contributed by atoms with van der Waals surface area (Å²) in [5, 5.41) is 2.68. The molecule has 4 nitrogen and oxygen atoms in total. The molecule has 1 unspecified atom stereocenters. The zero-order valence-corrected chi connectivity index (χ0v) is 28.5. The summed E-state index contributed by atoms with van der Waals surface area (Å²) in [7, 11) is 0. The summed E-state index contributed by atoms with van der Waals surface area (Å²) >= 11 is 1.93. The van der Waals surface area contributed by atoms with Crippen LogP contribution in [0.15, 0.2) is 125 Å². The molecule has 4 aromatic carbocycles. The lowest BCUT2D eigenvalue weighted by Crippen LogP contribution is -2.51. The van der Waals surface area contributed by atoms with E-state index in [0.29, 0.717) is 18.1 Å². The quantitative estimate of drug-likeness (QED) is 0.151. The van der Waals surface area contributed by atoms with Crippen molar-refractivity contribution in [1.82, 2.24) is 14.0 Å². The summed E-state index contributed by atoms with van der Waals surface area (Å²) in [4.78, 5) is 8.01. The minimum absolute atomic E-state index is 0.418. The maximum absolute atomic E-state index is 2.76. The number of hydrogen-bond acceptors (Lipinski definition) is 3. The van der Waals surface area contributed by atoms with E-state index in [4.69, 9.17) is 0 Å². The van der Waals surface area contributed by atoms with Gasteiger partial charge in [0, 0.05) is 88.6 Å². The van der Waals surface area contributed by atoms with Crippen molar-refractivity contribution in [2.24, 2.45) is 0 Å². The molecule has 46 heavy (non-hydrogen) atoms. The predicted molar refractivity (Wildman–Crippen MR) is 197 cm³/mol. The zero-order valence-electron chi connectivity index (χ0n) is 27.6. The van der Waals surface area contributed by atoms with Gasteiger partial charge in [-0.1, -0.05) is 72.4 Å². The second-order valence-corrected chi connectivity index (χ2v) is 14.4. The molecule has 0 radical (unpaired) electrons. The highest BCUT2D eigenvalue weighted by Crippen LogP contribution is 2.38. The minimum atomic E-state index is 0.418. The van der Waals surface area contributed by atoms with Crippen LogP contribution in [0.1, 0.15) is 50.9 Å². The van der Waals surface area contributed by atoms with E-state index in [1.165, 1.54) is 48.4 Å². The summed E-state index contributed by atoms with van der Waals surface area (Å²) in [6.45, 7) is 13.3. The fourth-order valence-corrected chi connectivity index (χ4v) is 8.32. The number of anilines is 1. The SMILES string of the molecule is CC(C)n1ccc2cc(CC(Cc3ccccc3Sc3cn(C(C)C)c4ccccc34)N3CCN(c4ccccc4)CC3)ccc21. The highest BCUT2D eigenvalue weighted by atomic mass is 32.2. The van der Waals surface area contributed by atoms with E-state index in [-0.39, 0.29) is 0 Å². The molecule has 0 amide bonds. The highest BCUT2D eigenvalue weighted by molar-refractivity contribution is 7.99. The van der Waals surface area contributed by atoms with Crippen LogP contribution in [0, 0.1) is 0 Å². The number of rotatable bonds is 10. The van der Waals surface area contributed by atoms with E-state index < -0.39 is 0 Å². The summed E-state index contributed by atoms with van der Waals surface area (Å²) in [6.07, 6.45) is 6.67. The molecule has 5 heteroatoms. The number of hydrogen-bond donors (Lipinski definition) is 0. The zero-order chi connectivity index (χ0) is 31.6. The third-order valence-corrected chi connectivity index (χ3v) is 10.8. The van der Waals surface area contributed by atoms with Gasteiger partial charge in [0.15, 0.2) is 0 Å². The Morgan fingerprint density at radius 1 is 0.630 bits per heavy atom. The third kappa shape index (κ3) is 6.36. The lowest BCUT2D eigenvalue weighted by atomic mass is 9.96. The van der Waals surface area contributed by atoms with Crippen molar-refractivity contribution < 1.29 is 0 Å². The fraction of sp³-hybridized carbons (Fsp3) is 0.317. The molecule has 6 aromatic rings. The Morgan fingerprint density at radius 3 is 2.13 bits per heavy atom. The van der Waals surface area contributed by atoms with Crippen LogP contribution in [0.25, 0.3) is 21.8 Å². The first-order chi connectivity index (χ1) is 22.4. The normalized spacial score (nSPS) is 15.0. The first-order valence-corrected chi connectivity index (χ1v) is 17.7. The van der Waals surface area contributed by atoms with Crippen LogP contribution in [-0.2, 0) is 12.8 Å². The lowest BCUT2D eigenvalue weighted by molar-refractivity contribution is 0.181. The minimum Gasteiger partial charge on any atom is -0.369 e. The number of para-hydroxylation sites is 2. The van der Waals surface area contributed by atoms with Gasteiger partial charge in [0.2, 0.25) is 0 Å². The summed E-state index contributed by atoms with van der Waals surface area (Å²) in [5.41, 5.74) is 6.84. The molecular weight excluding hydrogens is 581 g/mol. The van der Waals surface area contributed by atoms with Crippen molar-refractivity contribution in [1.29, 1.82) is 0 Å². The molecule has 1 fully saturated rings. The molecule has 0 N–H and O–H groups in total. The average molecular weight is 627 g/mol. The smallest absolute Gasteiger partial charge is 0.0494 e. The molecule has 236 valence electrons. The van der Waals surface area contributed by atoms with Crippen LogP contribution in [0.2, 0.25) is 0 Å². The van der Waals surface area contributed by atoms with Crippen LogP contribution in [-0.4, -0.2) is 46.3 Å². The van der Waals surface area contributed by atoms with Crippen molar-refractivity contribution in [3.63, 3.8) is 0 Å². The van der Waals surface area contributed by atoms with Gasteiger partial charge in [-0.15, -0.1) is 0 Å². The van der Waals surface area contributed by atoms with Crippen molar-refractivity contribution in [2.45, 2.75) is 68.5 Å². The van der Waals surface area contributed by atoms with Gasteiger partial charge in [-0.25, -0.2) is 0 Å². The van der Waals surface area contributed by atoms with Crippen molar-refractivity contribution in [2.75, 3.05) is 31.1 Å². The van der Waals surface area contributed by atoms with E-state index in [2.05, 4.69) is 162 Å². The second kappa shape index (κ2) is 13.4. The van der Waals surface area contributed by atoms with Gasteiger partial charge in [0.1, 0.15) is 0 Å². The highest BCUT2D eigenvalue weighted by Gasteiger charge is 2.26. The lowest BCUT2D eigenvalue weighted by Gasteiger charge is -2.40. The molecule has 1 saturated heterocycles. The van der Waals surface area contributed by atoms with Crippen LogP contribution >= 0.6 is 11.8 Å². The molecule has 7 rings (SSSR count). The van der Waals surface area contributed by atoms with Gasteiger partial charge in [-0.05, 0) is 99.5 Å². The Balaban J connectivity index is 1.18. The molecule has 1 aliphatic heterocycles. The average Bonchev–Trinajstić information content (AvgIpc) is 3.68. The van der Waals surface area contributed by atoms with Crippen molar-refractivity contribution >= 4 is 39.3 Å². The van der Waals surface area contributed by atoms with Crippen LogP contribution in [0.4, 0.5) is 5.69 Å². The fourth-order valence-electron chi connectivity index (χ4n) is 7.20. The summed E-state index contributed by atoms with van der Waals surface area (Å²) in [6, 6.07) is 39.6. The standard InChI is InChI=1S/C41H46N4S/c1-30(2)44-21-20-33-26-32(18-19-38(33)44)27-36(43-24-22-42(23-25-43)35-13-6-5-7-14-35)28-34-12-8-11-17-40(34)46-41-29-45(31(3)4)39-16-10-9-15-37(39)41/h5-21,26,29-31,36H,22-25,27-28H2,1-4H3. The number of benzene rings is 4. The van der Waals surface area contributed by atoms with Crippen LogP contribution < -0.4 is 4.90 Å². The van der Waals surface area contributed by atoms with E-state index >= 15 is 0 Å².